The third-order valence-electron chi connectivity index (χ3n) is 5.35. The number of carbonyl (C=O) groups excluding carboxylic acids is 1. The molecule has 1 amide bonds. The van der Waals surface area contributed by atoms with Gasteiger partial charge in [0.25, 0.3) is 5.91 Å². The quantitative estimate of drug-likeness (QED) is 0.775. The normalized spacial score (nSPS) is 15.8. The van der Waals surface area contributed by atoms with Gasteiger partial charge < -0.3 is 10.1 Å². The molecule has 1 aliphatic heterocycles. The van der Waals surface area contributed by atoms with Gasteiger partial charge in [0, 0.05) is 13.1 Å². The van der Waals surface area contributed by atoms with Gasteiger partial charge in [0.05, 0.1) is 0 Å². The van der Waals surface area contributed by atoms with Crippen molar-refractivity contribution < 1.29 is 9.53 Å². The minimum atomic E-state index is -0.528. The van der Waals surface area contributed by atoms with Crippen molar-refractivity contribution in [2.24, 2.45) is 0 Å². The number of nitrogens with one attached hydrogen (secondary N) is 1. The van der Waals surface area contributed by atoms with Gasteiger partial charge in [-0.3, -0.25) is 9.69 Å². The van der Waals surface area contributed by atoms with Crippen LogP contribution in [0.25, 0.3) is 0 Å². The molecule has 28 heavy (non-hydrogen) atoms. The second kappa shape index (κ2) is 9.74. The summed E-state index contributed by atoms with van der Waals surface area (Å²) in [6.45, 7) is 9.78. The van der Waals surface area contributed by atoms with E-state index in [1.54, 1.807) is 6.92 Å². The first-order chi connectivity index (χ1) is 13.5. The highest BCUT2D eigenvalue weighted by Crippen LogP contribution is 2.20. The van der Waals surface area contributed by atoms with Crippen LogP contribution in [0.3, 0.4) is 0 Å². The molecule has 0 saturated carbocycles. The molecule has 1 aliphatic rings. The Morgan fingerprint density at radius 1 is 1.04 bits per heavy atom. The van der Waals surface area contributed by atoms with E-state index in [0.717, 1.165) is 23.4 Å². The van der Waals surface area contributed by atoms with E-state index in [4.69, 9.17) is 4.74 Å². The van der Waals surface area contributed by atoms with Crippen molar-refractivity contribution in [3.63, 3.8) is 0 Å². The van der Waals surface area contributed by atoms with Crippen LogP contribution in [-0.2, 0) is 17.9 Å². The zero-order chi connectivity index (χ0) is 19.9. The van der Waals surface area contributed by atoms with Crippen LogP contribution < -0.4 is 10.1 Å². The van der Waals surface area contributed by atoms with Gasteiger partial charge in [-0.1, -0.05) is 48.4 Å². The number of benzene rings is 2. The van der Waals surface area contributed by atoms with Crippen molar-refractivity contribution in [1.82, 2.24) is 10.2 Å². The van der Waals surface area contributed by atoms with Gasteiger partial charge in [-0.2, -0.15) is 0 Å². The van der Waals surface area contributed by atoms with Crippen LogP contribution in [0.1, 0.15) is 48.4 Å². The molecule has 0 aliphatic carbocycles. The van der Waals surface area contributed by atoms with E-state index >= 15 is 0 Å². The third-order valence-corrected chi connectivity index (χ3v) is 5.35. The highest BCUT2D eigenvalue weighted by Gasteiger charge is 2.15. The van der Waals surface area contributed by atoms with Gasteiger partial charge in [0.2, 0.25) is 0 Å². The van der Waals surface area contributed by atoms with Crippen LogP contribution in [0.5, 0.6) is 5.75 Å². The maximum absolute atomic E-state index is 12.4. The number of carbonyl (C=O) groups is 1. The average molecular weight is 381 g/mol. The summed E-state index contributed by atoms with van der Waals surface area (Å²) in [7, 11) is 0. The summed E-state index contributed by atoms with van der Waals surface area (Å²) < 4.78 is 5.84. The van der Waals surface area contributed by atoms with Crippen LogP contribution in [0, 0.1) is 13.8 Å². The molecule has 1 heterocycles. The molecular formula is C24H32N2O2. The fraction of sp³-hybridized carbons (Fsp3) is 0.458. The average Bonchev–Trinajstić information content (AvgIpc) is 2.70. The van der Waals surface area contributed by atoms with E-state index in [2.05, 4.69) is 40.5 Å². The van der Waals surface area contributed by atoms with Crippen LogP contribution >= 0.6 is 0 Å². The summed E-state index contributed by atoms with van der Waals surface area (Å²) in [6, 6.07) is 14.5. The Morgan fingerprint density at radius 3 is 2.39 bits per heavy atom. The van der Waals surface area contributed by atoms with Gasteiger partial charge >= 0.3 is 0 Å². The van der Waals surface area contributed by atoms with Crippen molar-refractivity contribution in [3.05, 3.63) is 64.7 Å². The van der Waals surface area contributed by atoms with E-state index in [1.165, 1.54) is 43.5 Å². The first-order valence-electron chi connectivity index (χ1n) is 10.3. The lowest BCUT2D eigenvalue weighted by Crippen LogP contribution is -2.36. The molecule has 3 rings (SSSR count). The largest absolute Gasteiger partial charge is 0.481 e. The Labute approximate surface area is 168 Å². The number of piperidine rings is 1. The maximum atomic E-state index is 12.4. The molecule has 4 heteroatoms. The predicted octanol–water partition coefficient (Wildman–Crippen LogP) is 4.37. The standard InChI is InChI=1S/C24H32N2O2/c1-18-7-12-23(19(2)15-18)28-20(3)24(27)25-16-21-8-10-22(11-9-21)17-26-13-5-4-6-14-26/h7-12,15,20H,4-6,13-14,16-17H2,1-3H3,(H,25,27)/t20-/m0/s1. The second-order valence-corrected chi connectivity index (χ2v) is 7.90. The summed E-state index contributed by atoms with van der Waals surface area (Å²) >= 11 is 0. The van der Waals surface area contributed by atoms with Crippen LogP contribution in [0.15, 0.2) is 42.5 Å². The SMILES string of the molecule is Cc1ccc(O[C@@H](C)C(=O)NCc2ccc(CN3CCCCC3)cc2)c(C)c1. The van der Waals surface area contributed by atoms with Gasteiger partial charge in [0.15, 0.2) is 6.10 Å². The van der Waals surface area contributed by atoms with E-state index in [0.29, 0.717) is 6.54 Å². The molecule has 150 valence electrons. The van der Waals surface area contributed by atoms with Crippen molar-refractivity contribution in [3.8, 4) is 5.75 Å². The Balaban J connectivity index is 1.46. The molecule has 0 unspecified atom stereocenters. The number of amides is 1. The Bertz CT molecular complexity index is 780. The van der Waals surface area contributed by atoms with Crippen molar-refractivity contribution in [2.75, 3.05) is 13.1 Å². The maximum Gasteiger partial charge on any atom is 0.261 e. The smallest absolute Gasteiger partial charge is 0.261 e. The van der Waals surface area contributed by atoms with Crippen LogP contribution in [0.2, 0.25) is 0 Å². The van der Waals surface area contributed by atoms with Gasteiger partial charge in [-0.25, -0.2) is 0 Å². The molecule has 4 nitrogen and oxygen atoms in total. The summed E-state index contributed by atoms with van der Waals surface area (Å²) in [4.78, 5) is 14.9. The van der Waals surface area contributed by atoms with E-state index < -0.39 is 6.10 Å². The molecule has 1 fully saturated rings. The zero-order valence-corrected chi connectivity index (χ0v) is 17.3. The number of hydrogen-bond donors (Lipinski definition) is 1. The molecular weight excluding hydrogens is 348 g/mol. The van der Waals surface area contributed by atoms with Crippen molar-refractivity contribution in [2.45, 2.75) is 59.2 Å². The lowest BCUT2D eigenvalue weighted by Gasteiger charge is -2.26. The van der Waals surface area contributed by atoms with Crippen molar-refractivity contribution in [1.29, 1.82) is 0 Å². The van der Waals surface area contributed by atoms with Gasteiger partial charge in [-0.05, 0) is 69.5 Å². The molecule has 2 aromatic rings. The van der Waals surface area contributed by atoms with Crippen molar-refractivity contribution >= 4 is 5.91 Å². The molecule has 1 N–H and O–H groups in total. The summed E-state index contributed by atoms with van der Waals surface area (Å²) in [5, 5.41) is 2.98. The molecule has 1 saturated heterocycles. The topological polar surface area (TPSA) is 41.6 Å². The first-order valence-corrected chi connectivity index (χ1v) is 10.3. The lowest BCUT2D eigenvalue weighted by atomic mass is 10.1. The Morgan fingerprint density at radius 2 is 1.71 bits per heavy atom. The highest BCUT2D eigenvalue weighted by molar-refractivity contribution is 5.80. The lowest BCUT2D eigenvalue weighted by molar-refractivity contribution is -0.127. The molecule has 0 radical (unpaired) electrons. The molecule has 0 bridgehead atoms. The first kappa shape index (κ1) is 20.4. The molecule has 0 spiro atoms. The minimum absolute atomic E-state index is 0.0997. The second-order valence-electron chi connectivity index (χ2n) is 7.90. The number of likely N-dealkylation sites (tertiary alicyclic amines) is 1. The monoisotopic (exact) mass is 380 g/mol. The fourth-order valence-electron chi connectivity index (χ4n) is 3.65. The van der Waals surface area contributed by atoms with E-state index in [-0.39, 0.29) is 5.91 Å². The Hall–Kier alpha value is -2.33. The number of ether oxygens (including phenoxy) is 1. The Kier molecular flexibility index (Phi) is 7.10. The van der Waals surface area contributed by atoms with Crippen LogP contribution in [-0.4, -0.2) is 30.0 Å². The molecule has 1 atom stereocenters. The summed E-state index contributed by atoms with van der Waals surface area (Å²) in [5.41, 5.74) is 4.67. The molecule has 0 aromatic heterocycles. The number of aryl methyl sites for hydroxylation is 2. The zero-order valence-electron chi connectivity index (χ0n) is 17.3. The van der Waals surface area contributed by atoms with E-state index in [1.807, 2.05) is 26.0 Å². The number of rotatable bonds is 7. The number of hydrogen-bond acceptors (Lipinski definition) is 3. The van der Waals surface area contributed by atoms with Gasteiger partial charge in [-0.15, -0.1) is 0 Å². The minimum Gasteiger partial charge on any atom is -0.481 e. The predicted molar refractivity (Wildman–Crippen MR) is 113 cm³/mol. The van der Waals surface area contributed by atoms with Crippen LogP contribution in [0.4, 0.5) is 0 Å². The van der Waals surface area contributed by atoms with E-state index in [9.17, 15) is 4.79 Å². The summed E-state index contributed by atoms with van der Waals surface area (Å²) in [5.74, 6) is 0.660. The number of nitrogens with zero attached hydrogens (tertiary/aromatic N) is 1. The van der Waals surface area contributed by atoms with Gasteiger partial charge in [0.1, 0.15) is 5.75 Å². The third kappa shape index (κ3) is 5.83. The summed E-state index contributed by atoms with van der Waals surface area (Å²) in [6.07, 6.45) is 3.46. The highest BCUT2D eigenvalue weighted by atomic mass is 16.5. The fourth-order valence-corrected chi connectivity index (χ4v) is 3.65. The molecule has 2 aromatic carbocycles.